The van der Waals surface area contributed by atoms with E-state index in [4.69, 9.17) is 4.42 Å². The average Bonchev–Trinajstić information content (AvgIpc) is 2.53. The molecule has 0 N–H and O–H groups in total. The van der Waals surface area contributed by atoms with Gasteiger partial charge in [-0.2, -0.15) is 0 Å². The lowest BCUT2D eigenvalue weighted by Crippen LogP contribution is -2.41. The molecular formula is C11H17NO2. The second-order valence-electron chi connectivity index (χ2n) is 3.88. The van der Waals surface area contributed by atoms with Crippen molar-refractivity contribution in [3.63, 3.8) is 0 Å². The van der Waals surface area contributed by atoms with Gasteiger partial charge in [0, 0.05) is 12.1 Å². The van der Waals surface area contributed by atoms with Crippen molar-refractivity contribution in [1.82, 2.24) is 4.90 Å². The van der Waals surface area contributed by atoms with Crippen molar-refractivity contribution in [2.45, 2.75) is 39.8 Å². The van der Waals surface area contributed by atoms with Crippen LogP contribution < -0.4 is 0 Å². The highest BCUT2D eigenvalue weighted by Gasteiger charge is 2.23. The molecule has 0 fully saturated rings. The molecule has 1 aromatic heterocycles. The molecule has 0 aliphatic carbocycles. The summed E-state index contributed by atoms with van der Waals surface area (Å²) in [6.45, 7) is 8.00. The highest BCUT2D eigenvalue weighted by molar-refractivity contribution is 5.91. The molecule has 0 spiro atoms. The van der Waals surface area contributed by atoms with Crippen LogP contribution in [0.4, 0.5) is 0 Å². The Morgan fingerprint density at radius 2 is 1.86 bits per heavy atom. The molecule has 14 heavy (non-hydrogen) atoms. The number of carbonyl (C=O) groups excluding carboxylic acids is 1. The monoisotopic (exact) mass is 195 g/mol. The molecule has 1 heterocycles. The normalized spacial score (nSPS) is 11.0. The van der Waals surface area contributed by atoms with Crippen LogP contribution in [-0.2, 0) is 0 Å². The van der Waals surface area contributed by atoms with Crippen molar-refractivity contribution in [1.29, 1.82) is 0 Å². The van der Waals surface area contributed by atoms with E-state index in [2.05, 4.69) is 0 Å². The highest BCUT2D eigenvalue weighted by Crippen LogP contribution is 2.12. The Balaban J connectivity index is 2.85. The van der Waals surface area contributed by atoms with Crippen LogP contribution in [0.2, 0.25) is 0 Å². The van der Waals surface area contributed by atoms with E-state index < -0.39 is 0 Å². The molecule has 0 aliphatic rings. The second-order valence-corrected chi connectivity index (χ2v) is 3.88. The SMILES string of the molecule is CC(C)N(C(=O)c1ccco1)C(C)C. The van der Waals surface area contributed by atoms with Gasteiger partial charge >= 0.3 is 0 Å². The van der Waals surface area contributed by atoms with Gasteiger partial charge < -0.3 is 9.32 Å². The first-order chi connectivity index (χ1) is 6.54. The molecule has 1 aromatic rings. The first-order valence-electron chi connectivity index (χ1n) is 4.90. The Morgan fingerprint density at radius 3 is 2.21 bits per heavy atom. The molecule has 0 aliphatic heterocycles. The second kappa shape index (κ2) is 4.31. The van der Waals surface area contributed by atoms with Gasteiger partial charge in [0.1, 0.15) is 0 Å². The fourth-order valence-corrected chi connectivity index (χ4v) is 1.59. The van der Waals surface area contributed by atoms with E-state index in [0.717, 1.165) is 0 Å². The summed E-state index contributed by atoms with van der Waals surface area (Å²) in [5, 5.41) is 0. The Labute approximate surface area is 84.7 Å². The molecule has 1 rings (SSSR count). The molecule has 78 valence electrons. The molecule has 0 aromatic carbocycles. The van der Waals surface area contributed by atoms with E-state index in [1.165, 1.54) is 6.26 Å². The summed E-state index contributed by atoms with van der Waals surface area (Å²) in [5.74, 6) is 0.368. The standard InChI is InChI=1S/C11H17NO2/c1-8(2)12(9(3)4)11(13)10-6-5-7-14-10/h5-9H,1-4H3. The third-order valence-electron chi connectivity index (χ3n) is 2.08. The lowest BCUT2D eigenvalue weighted by molar-refractivity contribution is 0.0610. The van der Waals surface area contributed by atoms with Crippen LogP contribution >= 0.6 is 0 Å². The number of nitrogens with zero attached hydrogens (tertiary/aromatic N) is 1. The van der Waals surface area contributed by atoms with Gasteiger partial charge in [0.15, 0.2) is 5.76 Å². The molecule has 0 atom stereocenters. The first kappa shape index (κ1) is 10.8. The number of hydrogen-bond donors (Lipinski definition) is 0. The number of amides is 1. The summed E-state index contributed by atoms with van der Waals surface area (Å²) in [4.78, 5) is 13.7. The van der Waals surface area contributed by atoms with Crippen molar-refractivity contribution in [3.05, 3.63) is 24.2 Å². The number of rotatable bonds is 3. The molecule has 0 saturated carbocycles. The number of hydrogen-bond acceptors (Lipinski definition) is 2. The summed E-state index contributed by atoms with van der Waals surface area (Å²) < 4.78 is 5.09. The van der Waals surface area contributed by atoms with Crippen LogP contribution in [0.5, 0.6) is 0 Å². The maximum absolute atomic E-state index is 11.9. The van der Waals surface area contributed by atoms with E-state index in [9.17, 15) is 4.79 Å². The maximum Gasteiger partial charge on any atom is 0.290 e. The first-order valence-corrected chi connectivity index (χ1v) is 4.90. The molecular weight excluding hydrogens is 178 g/mol. The summed E-state index contributed by atoms with van der Waals surface area (Å²) in [5.41, 5.74) is 0. The predicted octanol–water partition coefficient (Wildman–Crippen LogP) is 2.54. The van der Waals surface area contributed by atoms with Gasteiger partial charge in [-0.25, -0.2) is 0 Å². The molecule has 0 unspecified atom stereocenters. The molecule has 3 nitrogen and oxygen atoms in total. The Hall–Kier alpha value is -1.25. The van der Waals surface area contributed by atoms with Crippen LogP contribution in [0.25, 0.3) is 0 Å². The summed E-state index contributed by atoms with van der Waals surface area (Å²) >= 11 is 0. The highest BCUT2D eigenvalue weighted by atomic mass is 16.3. The van der Waals surface area contributed by atoms with E-state index in [-0.39, 0.29) is 18.0 Å². The largest absolute Gasteiger partial charge is 0.459 e. The predicted molar refractivity (Wildman–Crippen MR) is 55.1 cm³/mol. The van der Waals surface area contributed by atoms with Crippen molar-refractivity contribution >= 4 is 5.91 Å². The zero-order valence-electron chi connectivity index (χ0n) is 9.15. The lowest BCUT2D eigenvalue weighted by atomic mass is 10.2. The van der Waals surface area contributed by atoms with Crippen LogP contribution in [0, 0.1) is 0 Å². The third kappa shape index (κ3) is 2.16. The average molecular weight is 195 g/mol. The lowest BCUT2D eigenvalue weighted by Gasteiger charge is -2.29. The molecule has 0 bridgehead atoms. The zero-order chi connectivity index (χ0) is 10.7. The third-order valence-corrected chi connectivity index (χ3v) is 2.08. The van der Waals surface area contributed by atoms with Crippen molar-refractivity contribution in [3.8, 4) is 0 Å². The molecule has 1 amide bonds. The Kier molecular flexibility index (Phi) is 3.33. The summed E-state index contributed by atoms with van der Waals surface area (Å²) in [6, 6.07) is 3.80. The minimum absolute atomic E-state index is 0.0417. The van der Waals surface area contributed by atoms with Crippen LogP contribution in [0.3, 0.4) is 0 Å². The van der Waals surface area contributed by atoms with Gasteiger partial charge in [0.05, 0.1) is 6.26 Å². The number of carbonyl (C=O) groups is 1. The van der Waals surface area contributed by atoms with Crippen LogP contribution in [0.15, 0.2) is 22.8 Å². The van der Waals surface area contributed by atoms with Gasteiger partial charge in [-0.3, -0.25) is 4.79 Å². The molecule has 0 saturated heterocycles. The van der Waals surface area contributed by atoms with Gasteiger partial charge in [0.25, 0.3) is 5.91 Å². The van der Waals surface area contributed by atoms with Gasteiger partial charge in [-0.05, 0) is 39.8 Å². The van der Waals surface area contributed by atoms with Crippen LogP contribution in [-0.4, -0.2) is 22.9 Å². The molecule has 3 heteroatoms. The van der Waals surface area contributed by atoms with Crippen molar-refractivity contribution < 1.29 is 9.21 Å². The van der Waals surface area contributed by atoms with E-state index in [1.54, 1.807) is 17.0 Å². The fourth-order valence-electron chi connectivity index (χ4n) is 1.59. The van der Waals surface area contributed by atoms with Crippen molar-refractivity contribution in [2.24, 2.45) is 0 Å². The minimum atomic E-state index is -0.0417. The summed E-state index contributed by atoms with van der Waals surface area (Å²) in [6.07, 6.45) is 1.52. The van der Waals surface area contributed by atoms with Crippen LogP contribution in [0.1, 0.15) is 38.2 Å². The van der Waals surface area contributed by atoms with E-state index >= 15 is 0 Å². The minimum Gasteiger partial charge on any atom is -0.459 e. The Morgan fingerprint density at radius 1 is 1.29 bits per heavy atom. The fraction of sp³-hybridized carbons (Fsp3) is 0.545. The van der Waals surface area contributed by atoms with E-state index in [1.807, 2.05) is 27.7 Å². The summed E-state index contributed by atoms with van der Waals surface area (Å²) in [7, 11) is 0. The zero-order valence-corrected chi connectivity index (χ0v) is 9.15. The van der Waals surface area contributed by atoms with Gasteiger partial charge in [-0.15, -0.1) is 0 Å². The van der Waals surface area contributed by atoms with Gasteiger partial charge in [-0.1, -0.05) is 0 Å². The Bertz CT molecular complexity index is 280. The number of furan rings is 1. The molecule has 0 radical (unpaired) electrons. The topological polar surface area (TPSA) is 33.5 Å². The quantitative estimate of drug-likeness (QED) is 0.742. The van der Waals surface area contributed by atoms with Gasteiger partial charge in [0.2, 0.25) is 0 Å². The maximum atomic E-state index is 11.9. The smallest absolute Gasteiger partial charge is 0.290 e. The van der Waals surface area contributed by atoms with E-state index in [0.29, 0.717) is 5.76 Å². The van der Waals surface area contributed by atoms with Crippen molar-refractivity contribution in [2.75, 3.05) is 0 Å².